The van der Waals surface area contributed by atoms with Gasteiger partial charge in [-0.1, -0.05) is 42.0 Å². The Balaban J connectivity index is 1.70. The minimum Gasteiger partial charge on any atom is -0.481 e. The number of carbonyl (C=O) groups is 1. The maximum atomic E-state index is 14.3. The fourth-order valence-corrected chi connectivity index (χ4v) is 7.25. The molecule has 188 valence electrons. The first-order valence-electron chi connectivity index (χ1n) is 11.9. The Kier molecular flexibility index (Phi) is 5.67. The van der Waals surface area contributed by atoms with E-state index in [2.05, 4.69) is 9.83 Å². The number of aromatic nitrogens is 2. The van der Waals surface area contributed by atoms with Gasteiger partial charge in [-0.3, -0.25) is 9.78 Å². The second-order valence-electron chi connectivity index (χ2n) is 9.36. The highest BCUT2D eigenvalue weighted by molar-refractivity contribution is 7.90. The summed E-state index contributed by atoms with van der Waals surface area (Å²) in [6, 6.07) is 17.7. The van der Waals surface area contributed by atoms with Crippen molar-refractivity contribution in [3.05, 3.63) is 101 Å². The number of carboxylic acids is 1. The molecule has 9 heteroatoms. The van der Waals surface area contributed by atoms with Gasteiger partial charge >= 0.3 is 5.97 Å². The zero-order valence-electron chi connectivity index (χ0n) is 20.2. The second-order valence-corrected chi connectivity index (χ2v) is 12.0. The van der Waals surface area contributed by atoms with Crippen molar-refractivity contribution < 1.29 is 18.3 Å². The summed E-state index contributed by atoms with van der Waals surface area (Å²) in [7, 11) is -4.08. The Morgan fingerprint density at radius 3 is 2.66 bits per heavy atom. The van der Waals surface area contributed by atoms with Gasteiger partial charge in [0, 0.05) is 28.3 Å². The Morgan fingerprint density at radius 2 is 1.95 bits per heavy atom. The topological polar surface area (TPSA) is 93.6 Å². The molecule has 2 atom stereocenters. The molecular weight excluding hydrogens is 518 g/mol. The fraction of sp³-hybridized carbons (Fsp3) is 0.138. The number of carboxylic acid groups (broad SMARTS) is 1. The molecule has 0 amide bonds. The molecule has 38 heavy (non-hydrogen) atoms. The van der Waals surface area contributed by atoms with Crippen LogP contribution in [-0.4, -0.2) is 28.5 Å². The van der Waals surface area contributed by atoms with Gasteiger partial charge in [-0.15, -0.1) is 0 Å². The van der Waals surface area contributed by atoms with Crippen molar-refractivity contribution in [1.29, 1.82) is 0 Å². The summed E-state index contributed by atoms with van der Waals surface area (Å²) in [5.74, 6) is -1.39. The van der Waals surface area contributed by atoms with Gasteiger partial charge < -0.3 is 5.11 Å². The van der Waals surface area contributed by atoms with Gasteiger partial charge in [0.2, 0.25) is 5.00 Å². The monoisotopic (exact) mass is 539 g/mol. The minimum absolute atomic E-state index is 0.121. The number of thiophene rings is 1. The van der Waals surface area contributed by atoms with Gasteiger partial charge in [-0.2, -0.15) is 11.3 Å². The average Bonchev–Trinajstić information content (AvgIpc) is 3.46. The van der Waals surface area contributed by atoms with E-state index in [1.807, 2.05) is 42.6 Å². The molecule has 0 aliphatic heterocycles. The molecule has 1 N–H and O–H groups in total. The summed E-state index contributed by atoms with van der Waals surface area (Å²) >= 11 is 1.30. The van der Waals surface area contributed by atoms with Gasteiger partial charge in [0.1, 0.15) is 0 Å². The van der Waals surface area contributed by atoms with E-state index >= 15 is 0 Å². The number of pyridine rings is 1. The van der Waals surface area contributed by atoms with Crippen LogP contribution in [0.25, 0.3) is 38.1 Å². The summed E-state index contributed by atoms with van der Waals surface area (Å²) in [4.78, 5) is 19.6. The molecule has 2 aromatic carbocycles. The molecule has 5 aromatic rings. The molecule has 3 aromatic heterocycles. The minimum atomic E-state index is -4.08. The van der Waals surface area contributed by atoms with Crippen LogP contribution < -0.4 is 0 Å². The maximum Gasteiger partial charge on any atom is 0.307 e. The fourth-order valence-electron chi connectivity index (χ4n) is 5.04. The van der Waals surface area contributed by atoms with E-state index in [4.69, 9.17) is 6.57 Å². The average molecular weight is 540 g/mol. The quantitative estimate of drug-likeness (QED) is 0.242. The van der Waals surface area contributed by atoms with Crippen LogP contribution in [0.15, 0.2) is 83.3 Å². The standard InChI is InChI=1S/C29H21N3O4S2/c1-17-6-8-20(9-7-17)38(35,36)32-25-16-31-12-10-21(25)26(22-11-13-37-28(22)30-2)27(32)19-5-3-4-18(14-19)23-15-24(23)29(33)34/h3-14,16,23-24H,15H2,1H3,(H,33,34). The number of nitrogens with zero attached hydrogens (tertiary/aromatic N) is 3. The molecule has 1 saturated carbocycles. The largest absolute Gasteiger partial charge is 0.481 e. The zero-order chi connectivity index (χ0) is 26.6. The molecule has 1 fully saturated rings. The number of hydrogen-bond acceptors (Lipinski definition) is 5. The molecule has 0 saturated heterocycles. The molecule has 3 heterocycles. The smallest absolute Gasteiger partial charge is 0.307 e. The molecule has 1 aliphatic carbocycles. The summed E-state index contributed by atoms with van der Waals surface area (Å²) in [5, 5.41) is 12.4. The predicted octanol–water partition coefficient (Wildman–Crippen LogP) is 6.72. The van der Waals surface area contributed by atoms with Crippen LogP contribution in [0.2, 0.25) is 0 Å². The predicted molar refractivity (Wildman–Crippen MR) is 147 cm³/mol. The van der Waals surface area contributed by atoms with Gasteiger partial charge in [0.15, 0.2) is 0 Å². The summed E-state index contributed by atoms with van der Waals surface area (Å²) in [6.07, 6.45) is 3.69. The third kappa shape index (κ3) is 3.81. The number of rotatable bonds is 6. The molecule has 6 rings (SSSR count). The lowest BCUT2D eigenvalue weighted by atomic mass is 9.98. The SMILES string of the molecule is [C-]#[N+]c1sccc1-c1c(-c2cccc(C3CC3C(=O)O)c2)n(S(=O)(=O)c2ccc(C)cc2)c2cnccc12. The van der Waals surface area contributed by atoms with Crippen LogP contribution in [0, 0.1) is 19.4 Å². The first-order valence-corrected chi connectivity index (χ1v) is 14.2. The van der Waals surface area contributed by atoms with Gasteiger partial charge in [-0.25, -0.2) is 17.2 Å². The molecule has 0 radical (unpaired) electrons. The van der Waals surface area contributed by atoms with Crippen LogP contribution in [0.3, 0.4) is 0 Å². The number of aliphatic carboxylic acids is 1. The van der Waals surface area contributed by atoms with Crippen molar-refractivity contribution in [2.45, 2.75) is 24.2 Å². The van der Waals surface area contributed by atoms with Crippen LogP contribution in [0.5, 0.6) is 0 Å². The maximum absolute atomic E-state index is 14.3. The number of aryl methyl sites for hydroxylation is 1. The van der Waals surface area contributed by atoms with Crippen molar-refractivity contribution >= 4 is 43.2 Å². The van der Waals surface area contributed by atoms with E-state index in [-0.39, 0.29) is 10.8 Å². The summed E-state index contributed by atoms with van der Waals surface area (Å²) < 4.78 is 29.8. The van der Waals surface area contributed by atoms with E-state index in [1.165, 1.54) is 21.5 Å². The lowest BCUT2D eigenvalue weighted by Crippen LogP contribution is -2.14. The highest BCUT2D eigenvalue weighted by atomic mass is 32.2. The van der Waals surface area contributed by atoms with Crippen molar-refractivity contribution in [1.82, 2.24) is 8.96 Å². The van der Waals surface area contributed by atoms with Crippen LogP contribution in [0.4, 0.5) is 5.00 Å². The number of hydrogen-bond donors (Lipinski definition) is 1. The molecule has 1 aliphatic rings. The van der Waals surface area contributed by atoms with Crippen molar-refractivity contribution in [2.75, 3.05) is 0 Å². The van der Waals surface area contributed by atoms with Crippen LogP contribution in [-0.2, 0) is 14.8 Å². The van der Waals surface area contributed by atoms with Crippen LogP contribution in [0.1, 0.15) is 23.5 Å². The summed E-state index contributed by atoms with van der Waals surface area (Å²) in [6.45, 7) is 9.62. The van der Waals surface area contributed by atoms with E-state index in [1.54, 1.807) is 36.5 Å². The molecule has 0 bridgehead atoms. The van der Waals surface area contributed by atoms with Gasteiger partial charge in [-0.05, 0) is 54.5 Å². The Labute approximate surface area is 223 Å². The Hall–Kier alpha value is -4.26. The Bertz CT molecular complexity index is 1880. The molecule has 2 unspecified atom stereocenters. The van der Waals surface area contributed by atoms with Crippen molar-refractivity contribution in [2.24, 2.45) is 5.92 Å². The highest BCUT2D eigenvalue weighted by Crippen LogP contribution is 2.50. The van der Waals surface area contributed by atoms with Gasteiger partial charge in [0.05, 0.1) is 34.8 Å². The lowest BCUT2D eigenvalue weighted by Gasteiger charge is -2.15. The molecule has 0 spiro atoms. The molecule has 7 nitrogen and oxygen atoms in total. The van der Waals surface area contributed by atoms with Crippen molar-refractivity contribution in [3.63, 3.8) is 0 Å². The summed E-state index contributed by atoms with van der Waals surface area (Å²) in [5.41, 5.74) is 4.52. The second kappa shape index (κ2) is 8.94. The van der Waals surface area contributed by atoms with Crippen molar-refractivity contribution in [3.8, 4) is 22.4 Å². The molecular formula is C29H21N3O4S2. The van der Waals surface area contributed by atoms with E-state index < -0.39 is 21.9 Å². The first kappa shape index (κ1) is 24.1. The third-order valence-electron chi connectivity index (χ3n) is 7.00. The van der Waals surface area contributed by atoms with Gasteiger partial charge in [0.25, 0.3) is 10.0 Å². The number of benzene rings is 2. The first-order chi connectivity index (χ1) is 18.3. The van der Waals surface area contributed by atoms with E-state index in [9.17, 15) is 18.3 Å². The van der Waals surface area contributed by atoms with Crippen LogP contribution >= 0.6 is 11.3 Å². The van der Waals surface area contributed by atoms with E-state index in [0.717, 1.165) is 11.1 Å². The number of fused-ring (bicyclic) bond motifs is 1. The Morgan fingerprint density at radius 1 is 1.16 bits per heavy atom. The highest BCUT2D eigenvalue weighted by Gasteiger charge is 2.44. The third-order valence-corrected chi connectivity index (χ3v) is 9.53. The van der Waals surface area contributed by atoms with E-state index in [0.29, 0.717) is 44.7 Å². The normalized spacial score (nSPS) is 16.8. The lowest BCUT2D eigenvalue weighted by molar-refractivity contribution is -0.138. The zero-order valence-corrected chi connectivity index (χ0v) is 21.8.